The zero-order valence-corrected chi connectivity index (χ0v) is 89.8. The van der Waals surface area contributed by atoms with Crippen LogP contribution in [0.3, 0.4) is 0 Å². The maximum atomic E-state index is 13.0. The molecule has 9 nitrogen and oxygen atoms in total. The molecule has 0 saturated heterocycles. The monoisotopic (exact) mass is 2220 g/mol. The molecule has 9 aromatic rings. The second-order valence-corrected chi connectivity index (χ2v) is 40.9. The number of hydrogen-bond acceptors (Lipinski definition) is 9. The molecule has 0 saturated carbocycles. The molecule has 0 aliphatic rings. The zero-order chi connectivity index (χ0) is 176. The van der Waals surface area contributed by atoms with Gasteiger partial charge < -0.3 is 0 Å². The van der Waals surface area contributed by atoms with Crippen LogP contribution in [-0.4, -0.2) is 52.0 Å². The lowest BCUT2D eigenvalue weighted by molar-refractivity contribution is 0.0891. The number of benzene rings is 9. The Hall–Kier alpha value is -7.38. The Bertz CT molecular complexity index is 8420. The van der Waals surface area contributed by atoms with Gasteiger partial charge in [-0.15, -0.1) is 0 Å². The zero-order valence-electron chi connectivity index (χ0n) is 159. The summed E-state index contributed by atoms with van der Waals surface area (Å²) in [5.41, 5.74) is -21.4. The first-order valence-corrected chi connectivity index (χ1v) is 46.7. The van der Waals surface area contributed by atoms with E-state index in [4.69, 9.17) is 209 Å². The summed E-state index contributed by atoms with van der Waals surface area (Å²) in [6.45, 7) is -29.2. The van der Waals surface area contributed by atoms with E-state index in [0.717, 1.165) is 41.5 Å². The van der Waals surface area contributed by atoms with Crippen molar-refractivity contribution in [2.24, 2.45) is 102 Å². The van der Waals surface area contributed by atoms with Crippen molar-refractivity contribution in [3.05, 3.63) is 313 Å². The summed E-state index contributed by atoms with van der Waals surface area (Å²) in [6.07, 6.45) is -6.18. The van der Waals surface area contributed by atoms with Crippen LogP contribution >= 0.6 is 104 Å². The van der Waals surface area contributed by atoms with Crippen molar-refractivity contribution in [1.82, 2.24) is 0 Å². The fraction of sp³-hybridized carbons (Fsp3) is 0.500. The lowest BCUT2D eigenvalue weighted by Crippen LogP contribution is -2.18. The number of hydrogen-bond donors (Lipinski definition) is 0. The summed E-state index contributed by atoms with van der Waals surface area (Å²) in [5, 5.41) is -0.561. The summed E-state index contributed by atoms with van der Waals surface area (Å²) >= 11 is 52.2. The third kappa shape index (κ3) is 60.3. The van der Waals surface area contributed by atoms with Crippen LogP contribution in [0, 0.1) is 102 Å². The molecule has 0 bridgehead atoms. The third-order valence-electron chi connectivity index (χ3n) is 17.9. The van der Waals surface area contributed by atoms with Crippen molar-refractivity contribution < 1.29 is 147 Å². The molecular formula is C126H171Cl9O9. The van der Waals surface area contributed by atoms with Crippen LogP contribution in [0.4, 0.5) is 0 Å². The predicted octanol–water partition coefficient (Wildman–Crippen LogP) is 41.4. The van der Waals surface area contributed by atoms with Crippen molar-refractivity contribution in [3.8, 4) is 0 Å². The van der Waals surface area contributed by atoms with Crippen molar-refractivity contribution in [1.29, 1.82) is 0 Å². The summed E-state index contributed by atoms with van der Waals surface area (Å²) < 4.78 is 586. The van der Waals surface area contributed by atoms with Gasteiger partial charge >= 0.3 is 0 Å². The smallest absolute Gasteiger partial charge is 0.165 e. The molecule has 0 amide bonds. The molecule has 0 N–H and O–H groups in total. The van der Waals surface area contributed by atoms with E-state index in [1.165, 1.54) is 113 Å². The molecule has 9 rings (SSSR count). The van der Waals surface area contributed by atoms with Gasteiger partial charge in [0.25, 0.3) is 0 Å². The molecule has 0 spiro atoms. The molecule has 0 unspecified atom stereocenters. The Balaban J connectivity index is 0.00000124. The minimum absolute atomic E-state index is 0.0366. The van der Waals surface area contributed by atoms with Gasteiger partial charge in [-0.3, -0.25) is 43.2 Å². The van der Waals surface area contributed by atoms with Gasteiger partial charge in [-0.25, -0.2) is 0 Å². The molecule has 9 aromatic carbocycles. The molecule has 18 heteroatoms. The highest BCUT2D eigenvalue weighted by Crippen LogP contribution is 2.37. The number of ketones is 9. The molecule has 0 heterocycles. The lowest BCUT2D eigenvalue weighted by atomic mass is 9.82. The van der Waals surface area contributed by atoms with E-state index < -0.39 is 416 Å². The van der Waals surface area contributed by atoms with Crippen molar-refractivity contribution >= 4 is 156 Å². The van der Waals surface area contributed by atoms with Gasteiger partial charge in [-0.05, 0) is 216 Å². The van der Waals surface area contributed by atoms with Gasteiger partial charge in [0.05, 0.1) is 21.9 Å². The fourth-order valence-corrected chi connectivity index (χ4v) is 14.1. The van der Waals surface area contributed by atoms with E-state index in [1.54, 1.807) is 56.3 Å². The first-order chi connectivity index (χ1) is 96.5. The quantitative estimate of drug-likeness (QED) is 0.0458. The SMILES string of the molecule is [2H]C([2H])([2H])C(C)(C)C[C@]([2H])(C)C(=O)c1cccc(Cl)c1.[2H]C([2H])([2H])C(C)(C[C@@]([2H])(C)C(=O)c1cccc(Cl)c1)C([2H])([2H])[2H].[2H]C([2H])([2H])C(C)(C[C@]([2H])(C)C(=O)c1cccc(Cl)c1)C([2H])([2H])[2H].[2H]C([2H])([2H])C(C[C@@]([2H])(C)C(=O)c1cccc(Cl)c1)(C([2H])([2H])[2H])C([2H])([2H])[2H].[2H]C([2H])([2H])C(C[C@]([2H])(C)C(=O)c1cccc(Cl)c1)(C([2H])([2H])[2H])C([2H])([2H])[2H].[2H]c1c([2H])c(Cl)c([2H])c(C(=O)[C@@]([2H])(C)CC(C([2H])([2H])[2H])(C([2H])([2H])[2H])C([2H])([2H])[2H])c1[2H].[2H]c1c([2H])c(Cl)c([2H])c(C(=O)[C@@]([2H])(C)CC(C)(C)C)c1[2H].[2H]c1c([2H])c(Cl)c([2H])c(C(=O)[C@]([2H])(C)CC(C([2H])([2H])[2H])(C([2H])([2H])[2H])C([2H])([2H])[2H])c1[2H].[2H]c1c([2H])c(Cl)c([2H])c(C(=O)[C@]([2H])(C)CC(C)(C)C)c1[2H]. The van der Waals surface area contributed by atoms with E-state index >= 15 is 0 Å². The standard InChI is InChI=1S/9C14H19ClO/c9*1-10(9-14(2,3)4)13(16)11-6-5-7-12(15)8-11/h9*5-8,10H,9H2,1-4H3/t9*10-/m111100000/s1/i2D3,3D3,4D3,5D,6D,7D,8D,10D;5D,6D,7D,8D,10D;2D3,3D3,4D3,10D;2D3,3D3,10D;2D3,3D3,4D3,5D,6D,7D,8D,10D;5D,6D,7D,8D,10D;2D3,3D3,4D3,10D;2D3,3D3,10D;2D3,10D. The summed E-state index contributed by atoms with van der Waals surface area (Å²) in [6, 6.07) is 18.8. The molecule has 0 aliphatic heterocycles. The molecule has 9 atom stereocenters. The Labute approximate surface area is 1020 Å². The highest BCUT2D eigenvalue weighted by atomic mass is 35.5. The summed E-state index contributed by atoms with van der Waals surface area (Å²) in [5.74, 6) is -26.4. The average molecular weight is 2230 g/mol. The second kappa shape index (κ2) is 61.7. The van der Waals surface area contributed by atoms with Gasteiger partial charge in [0.2, 0.25) is 0 Å². The molecule has 0 fully saturated rings. The average Bonchev–Trinajstić information content (AvgIpc) is 0.707. The molecule has 0 radical (unpaired) electrons. The number of carbonyl (C=O) groups is 9. The largest absolute Gasteiger partial charge is 0.294 e. The van der Waals surface area contributed by atoms with Crippen LogP contribution in [0.2, 0.25) is 45.2 Å². The first kappa shape index (κ1) is 55.6. The van der Waals surface area contributed by atoms with Crippen LogP contribution in [0.25, 0.3) is 0 Å². The molecular weight excluding hydrogens is 1980 g/mol. The van der Waals surface area contributed by atoms with Crippen LogP contribution in [0.15, 0.2) is 218 Å². The normalized spacial score (nSPS) is 24.7. The minimum atomic E-state index is -3.64. The highest BCUT2D eigenvalue weighted by molar-refractivity contribution is 6.34. The van der Waals surface area contributed by atoms with E-state index in [2.05, 4.69) is 0 Å². The number of Topliss-reactive ketones (excluding diaryl/α,β-unsaturated/α-hetero) is 9. The molecule has 0 aliphatic carbocycles. The topological polar surface area (TPSA) is 154 Å². The van der Waals surface area contributed by atoms with Gasteiger partial charge in [-0.1, -0.05) is 461 Å². The van der Waals surface area contributed by atoms with Crippen LogP contribution < -0.4 is 0 Å². The molecule has 144 heavy (non-hydrogen) atoms. The van der Waals surface area contributed by atoms with Crippen LogP contribution in [-0.2, 0) is 0 Å². The molecule has 0 aromatic heterocycles. The van der Waals surface area contributed by atoms with Crippen LogP contribution in [0.1, 0.15) is 503 Å². The van der Waals surface area contributed by atoms with E-state index in [9.17, 15) is 43.2 Å². The van der Waals surface area contributed by atoms with Crippen LogP contribution in [0.5, 0.6) is 0 Å². The molecule has 792 valence electrons. The predicted molar refractivity (Wildman–Crippen MR) is 621 cm³/mol. The van der Waals surface area contributed by atoms with E-state index in [-0.39, 0.29) is 83.6 Å². The van der Waals surface area contributed by atoms with E-state index in [0.29, 0.717) is 20.6 Å². The lowest BCUT2D eigenvalue weighted by Gasteiger charge is -2.22. The second-order valence-electron chi connectivity index (χ2n) is 37.2. The van der Waals surface area contributed by atoms with Crippen molar-refractivity contribution in [3.63, 3.8) is 0 Å². The number of halogens is 9. The van der Waals surface area contributed by atoms with Gasteiger partial charge in [0.15, 0.2) is 52.0 Å². The highest BCUT2D eigenvalue weighted by Gasteiger charge is 2.31. The fourth-order valence-electron chi connectivity index (χ4n) is 12.6. The summed E-state index contributed by atoms with van der Waals surface area (Å²) in [7, 11) is 0. The third-order valence-corrected chi connectivity index (χ3v) is 19.8. The Morgan fingerprint density at radius 3 is 0.493 bits per heavy atom. The van der Waals surface area contributed by atoms with Crippen molar-refractivity contribution in [2.75, 3.05) is 0 Å². The van der Waals surface area contributed by atoms with Gasteiger partial charge in [0, 0.05) is 231 Å². The number of carbonyl (C=O) groups excluding carboxylic acids is 9. The van der Waals surface area contributed by atoms with Crippen molar-refractivity contribution in [2.45, 2.75) is 306 Å². The Kier molecular flexibility index (Phi) is 23.8. The Morgan fingerprint density at radius 1 is 0.208 bits per heavy atom. The first-order valence-electron chi connectivity index (χ1n) is 81.3. The number of rotatable bonds is 27. The van der Waals surface area contributed by atoms with E-state index in [1.807, 2.05) is 41.5 Å². The summed E-state index contributed by atoms with van der Waals surface area (Å²) in [4.78, 5) is 114. The van der Waals surface area contributed by atoms with Gasteiger partial charge in [-0.2, -0.15) is 0 Å². The maximum Gasteiger partial charge on any atom is 0.165 e. The Morgan fingerprint density at radius 2 is 0.347 bits per heavy atom. The maximum absolute atomic E-state index is 13.0. The minimum Gasteiger partial charge on any atom is -0.294 e. The van der Waals surface area contributed by atoms with Gasteiger partial charge in [0.1, 0.15) is 0 Å².